The van der Waals surface area contributed by atoms with Crippen LogP contribution in [0.1, 0.15) is 129 Å². The molecule has 15 heteroatoms. The molecule has 8 rings (SSSR count). The number of likely N-dealkylation sites (tertiary alicyclic amines) is 2. The van der Waals surface area contributed by atoms with Crippen LogP contribution in [0, 0.1) is 28.1 Å². The lowest BCUT2D eigenvalue weighted by molar-refractivity contribution is -0.136. The van der Waals surface area contributed by atoms with Gasteiger partial charge in [0.15, 0.2) is 0 Å². The molecule has 1 saturated carbocycles. The van der Waals surface area contributed by atoms with Crippen LogP contribution >= 0.6 is 0 Å². The van der Waals surface area contributed by atoms with Crippen LogP contribution in [0.25, 0.3) is 38.9 Å². The summed E-state index contributed by atoms with van der Waals surface area (Å²) in [5, 5.41) is 5.97. The maximum Gasteiger partial charge on any atom is 0.407 e. The second kappa shape index (κ2) is 21.0. The zero-order chi connectivity index (χ0) is 53.6. The molecule has 3 fully saturated rings. The number of nitrogens with one attached hydrogen (secondary N) is 3. The average Bonchev–Trinajstić information content (AvgIpc) is 4.14. The van der Waals surface area contributed by atoms with Gasteiger partial charge in [-0.2, -0.15) is 0 Å². The van der Waals surface area contributed by atoms with Crippen LogP contribution in [0.3, 0.4) is 0 Å². The number of aromatic nitrogens is 2. The van der Waals surface area contributed by atoms with E-state index in [1.165, 1.54) is 56.6 Å². The van der Waals surface area contributed by atoms with Crippen molar-refractivity contribution in [1.82, 2.24) is 35.3 Å². The van der Waals surface area contributed by atoms with E-state index in [0.29, 0.717) is 36.2 Å². The molecular weight excluding hydrogens is 933 g/mol. The Balaban J connectivity index is 1.08. The molecule has 4 aliphatic rings. The predicted octanol–water partition coefficient (Wildman–Crippen LogP) is 9.92. The summed E-state index contributed by atoms with van der Waals surface area (Å²) in [6.45, 7) is 19.1. The van der Waals surface area contributed by atoms with Crippen molar-refractivity contribution in [3.63, 3.8) is 0 Å². The largest absolute Gasteiger partial charge is 0.453 e. The van der Waals surface area contributed by atoms with Crippen LogP contribution in [0.4, 0.5) is 9.59 Å². The molecule has 3 N–H and O–H groups in total. The molecule has 1 spiro atoms. The Hall–Kier alpha value is -6.51. The minimum atomic E-state index is -0.800. The highest BCUT2D eigenvalue weighted by Crippen LogP contribution is 2.53. The zero-order valence-corrected chi connectivity index (χ0v) is 45.9. The zero-order valence-electron chi connectivity index (χ0n) is 45.9. The number of methoxy groups -OCH3 is 2. The third-order valence-corrected chi connectivity index (χ3v) is 16.2. The molecule has 0 unspecified atom stereocenters. The third kappa shape index (κ3) is 11.0. The number of benzene rings is 3. The number of nitrogens with zero attached hydrogens (tertiary/aromatic N) is 5. The van der Waals surface area contributed by atoms with Gasteiger partial charge in [-0.1, -0.05) is 111 Å². The normalized spacial score (nSPS) is 20.8. The first-order valence-electron chi connectivity index (χ1n) is 26.5. The van der Waals surface area contributed by atoms with Crippen LogP contribution < -0.4 is 16.2 Å². The summed E-state index contributed by atoms with van der Waals surface area (Å²) >= 11 is 0. The van der Waals surface area contributed by atoms with Gasteiger partial charge in [0, 0.05) is 32.9 Å². The smallest absolute Gasteiger partial charge is 0.407 e. The Morgan fingerprint density at radius 3 is 1.85 bits per heavy atom. The van der Waals surface area contributed by atoms with Gasteiger partial charge in [-0.25, -0.2) is 14.6 Å². The highest BCUT2D eigenvalue weighted by molar-refractivity contribution is 5.95. The lowest BCUT2D eigenvalue weighted by Crippen LogP contribution is -2.53. The first kappa shape index (κ1) is 53.8. The van der Waals surface area contributed by atoms with Gasteiger partial charge < -0.3 is 39.8 Å². The van der Waals surface area contributed by atoms with Crippen LogP contribution in [0.2, 0.25) is 0 Å². The van der Waals surface area contributed by atoms with Gasteiger partial charge >= 0.3 is 12.2 Å². The first-order valence-corrected chi connectivity index (χ1v) is 26.5. The number of carbonyl (C=O) groups excluding carboxylic acids is 4. The molecular formula is C59H78N8O7. The highest BCUT2D eigenvalue weighted by Gasteiger charge is 2.47. The monoisotopic (exact) mass is 1010 g/mol. The van der Waals surface area contributed by atoms with E-state index in [9.17, 15) is 24.0 Å². The standard InChI is InChI=1S/C59H78N8O7/c1-34(2)49(62-55(71)73-12)53(69)66-32-57(6,7)29-46(66)36(5)60-31-48(65(10)11)38-18-16-37(17-19-38)40-21-22-41(44-28-59(27-43(40)44)24-14-15-25-59)39-20-23-45-42(26-39)52(68)64-51(61-45)47-30-58(8,9)33-67(47)54(70)50(35(3)4)63-56(72)74-13/h16-23,26,31,34-35,46-47,49-50H,14-15,24-25,27-30,32-33H2,1-13H3,(H,62,71)(H,63,72)(H,61,64,68)/b48-31-,60-36+/t46-,47-,49-,50-/m0/s1. The van der Waals surface area contributed by atoms with Gasteiger partial charge in [0.05, 0.1) is 49.1 Å². The third-order valence-electron chi connectivity index (χ3n) is 16.2. The number of carbonyl (C=O) groups is 4. The summed E-state index contributed by atoms with van der Waals surface area (Å²) in [6.07, 6.45) is 8.80. The molecule has 4 amide bonds. The topological polar surface area (TPSA) is 179 Å². The van der Waals surface area contributed by atoms with E-state index >= 15 is 0 Å². The SMILES string of the molecule is COC(=O)N[C@H](C(=O)N1CC(C)(C)C[C@H]1/C(C)=N/C=C(/c1ccc(-c2ccc(-c3ccc4nc([C@@H]5CC(C)(C)CN5C(=O)[C@@H](NC(=O)OC)C(C)C)[nH]c(=O)c4c3)c3c2CC2(CCCC2)C3)cc1)N(C)C)C(C)C. The summed E-state index contributed by atoms with van der Waals surface area (Å²) in [6, 6.07) is 17.0. The Morgan fingerprint density at radius 1 is 0.770 bits per heavy atom. The molecule has 2 saturated heterocycles. The van der Waals surface area contributed by atoms with Gasteiger partial charge in [-0.15, -0.1) is 0 Å². The number of fused-ring (bicyclic) bond motifs is 2. The van der Waals surface area contributed by atoms with E-state index < -0.39 is 30.3 Å². The van der Waals surface area contributed by atoms with Crippen molar-refractivity contribution in [2.75, 3.05) is 41.4 Å². The molecule has 396 valence electrons. The van der Waals surface area contributed by atoms with E-state index in [1.54, 1.807) is 4.90 Å². The number of ether oxygens (including phenoxy) is 2. The van der Waals surface area contributed by atoms with Crippen LogP contribution in [0.15, 0.2) is 70.6 Å². The average molecular weight is 1010 g/mol. The van der Waals surface area contributed by atoms with Crippen molar-refractivity contribution in [2.24, 2.45) is 33.1 Å². The van der Waals surface area contributed by atoms with Crippen LogP contribution in [-0.4, -0.2) is 114 Å². The van der Waals surface area contributed by atoms with E-state index in [2.05, 4.69) is 90.7 Å². The van der Waals surface area contributed by atoms with Crippen molar-refractivity contribution in [3.05, 3.63) is 93.7 Å². The Labute approximate surface area is 436 Å². The minimum Gasteiger partial charge on any atom is -0.453 e. The minimum absolute atomic E-state index is 0.131. The summed E-state index contributed by atoms with van der Waals surface area (Å²) in [5.74, 6) is -0.263. The summed E-state index contributed by atoms with van der Waals surface area (Å²) in [7, 11) is 6.60. The molecule has 4 aromatic rings. The van der Waals surface area contributed by atoms with E-state index in [1.807, 2.05) is 71.9 Å². The van der Waals surface area contributed by atoms with Crippen molar-refractivity contribution in [2.45, 2.75) is 138 Å². The number of amides is 4. The maximum atomic E-state index is 14.2. The molecule has 4 atom stereocenters. The number of rotatable bonds is 13. The Kier molecular flexibility index (Phi) is 15.3. The fourth-order valence-corrected chi connectivity index (χ4v) is 12.3. The fourth-order valence-electron chi connectivity index (χ4n) is 12.3. The van der Waals surface area contributed by atoms with Crippen molar-refractivity contribution < 1.29 is 28.7 Å². The van der Waals surface area contributed by atoms with Gasteiger partial charge in [-0.3, -0.25) is 19.4 Å². The number of alkyl carbamates (subject to hydrolysis) is 2. The second-order valence-electron chi connectivity index (χ2n) is 24.0. The van der Waals surface area contributed by atoms with Gasteiger partial charge in [0.2, 0.25) is 11.8 Å². The molecule has 3 heterocycles. The van der Waals surface area contributed by atoms with Gasteiger partial charge in [0.25, 0.3) is 5.56 Å². The van der Waals surface area contributed by atoms with Crippen LogP contribution in [-0.2, 0) is 31.9 Å². The molecule has 2 aliphatic carbocycles. The van der Waals surface area contributed by atoms with Crippen molar-refractivity contribution in [1.29, 1.82) is 0 Å². The number of aliphatic imine (C=N–C) groups is 1. The van der Waals surface area contributed by atoms with E-state index in [-0.39, 0.29) is 51.5 Å². The van der Waals surface area contributed by atoms with Gasteiger partial charge in [-0.05, 0) is 125 Å². The lowest BCUT2D eigenvalue weighted by atomic mass is 9.82. The fraction of sp³-hybridized carbons (Fsp3) is 0.542. The Bertz CT molecular complexity index is 2930. The Morgan fingerprint density at radius 2 is 1.30 bits per heavy atom. The highest BCUT2D eigenvalue weighted by atomic mass is 16.5. The van der Waals surface area contributed by atoms with Gasteiger partial charge in [0.1, 0.15) is 17.9 Å². The van der Waals surface area contributed by atoms with E-state index in [0.717, 1.165) is 52.9 Å². The quantitative estimate of drug-likeness (QED) is 0.110. The molecule has 15 nitrogen and oxygen atoms in total. The molecule has 3 aromatic carbocycles. The number of hydrogen-bond donors (Lipinski definition) is 3. The molecule has 2 aliphatic heterocycles. The lowest BCUT2D eigenvalue weighted by Gasteiger charge is -2.31. The maximum absolute atomic E-state index is 14.2. The summed E-state index contributed by atoms with van der Waals surface area (Å²) in [4.78, 5) is 85.6. The summed E-state index contributed by atoms with van der Waals surface area (Å²) in [5.41, 5.74) is 10.1. The van der Waals surface area contributed by atoms with Crippen LogP contribution in [0.5, 0.6) is 0 Å². The predicted molar refractivity (Wildman–Crippen MR) is 291 cm³/mol. The van der Waals surface area contributed by atoms with Crippen molar-refractivity contribution in [3.8, 4) is 22.3 Å². The summed E-state index contributed by atoms with van der Waals surface area (Å²) < 4.78 is 9.69. The molecule has 0 bridgehead atoms. The first-order chi connectivity index (χ1) is 34.9. The molecule has 0 radical (unpaired) electrons. The number of aromatic amines is 1. The number of hydrogen-bond acceptors (Lipinski definition) is 10. The molecule has 1 aromatic heterocycles. The van der Waals surface area contributed by atoms with Crippen molar-refractivity contribution >= 4 is 46.3 Å². The molecule has 74 heavy (non-hydrogen) atoms. The van der Waals surface area contributed by atoms with E-state index in [4.69, 9.17) is 19.5 Å². The second-order valence-corrected chi connectivity index (χ2v) is 24.0. The number of H-pyrrole nitrogens is 1.